The molecule has 1 aliphatic carbocycles. The van der Waals surface area contributed by atoms with Crippen molar-refractivity contribution in [3.05, 3.63) is 35.4 Å². The van der Waals surface area contributed by atoms with Gasteiger partial charge in [0.25, 0.3) is 0 Å². The van der Waals surface area contributed by atoms with Gasteiger partial charge in [0.2, 0.25) is 5.91 Å². The van der Waals surface area contributed by atoms with Gasteiger partial charge in [-0.3, -0.25) is 4.79 Å². The van der Waals surface area contributed by atoms with Crippen LogP contribution in [0.4, 0.5) is 0 Å². The van der Waals surface area contributed by atoms with Crippen LogP contribution >= 0.6 is 0 Å². The van der Waals surface area contributed by atoms with Crippen molar-refractivity contribution in [2.24, 2.45) is 0 Å². The molecule has 0 radical (unpaired) electrons. The quantitative estimate of drug-likeness (QED) is 0.801. The molecule has 0 aliphatic heterocycles. The number of rotatable bonds is 3. The lowest BCUT2D eigenvalue weighted by Gasteiger charge is -2.16. The summed E-state index contributed by atoms with van der Waals surface area (Å²) in [6.07, 6.45) is 3.19. The molecule has 0 spiro atoms. The van der Waals surface area contributed by atoms with Crippen molar-refractivity contribution in [2.45, 2.75) is 38.6 Å². The maximum atomic E-state index is 11.0. The summed E-state index contributed by atoms with van der Waals surface area (Å²) < 4.78 is 0. The second kappa shape index (κ2) is 3.69. The molecule has 2 heteroatoms. The summed E-state index contributed by atoms with van der Waals surface area (Å²) in [4.78, 5) is 11.0. The van der Waals surface area contributed by atoms with E-state index in [-0.39, 0.29) is 11.4 Å². The minimum atomic E-state index is 0.0705. The number of hydrogen-bond acceptors (Lipinski definition) is 1. The third-order valence-corrected chi connectivity index (χ3v) is 2.96. The Kier molecular flexibility index (Phi) is 2.51. The van der Waals surface area contributed by atoms with Gasteiger partial charge in [-0.05, 0) is 31.7 Å². The van der Waals surface area contributed by atoms with Crippen LogP contribution in [-0.4, -0.2) is 11.4 Å². The van der Waals surface area contributed by atoms with Crippen LogP contribution in [0, 0.1) is 6.92 Å². The van der Waals surface area contributed by atoms with E-state index in [0.717, 1.165) is 19.3 Å². The first-order chi connectivity index (χ1) is 7.10. The summed E-state index contributed by atoms with van der Waals surface area (Å²) in [6, 6.07) is 8.55. The molecular formula is C13H17NO. The predicted molar refractivity (Wildman–Crippen MR) is 60.7 cm³/mol. The van der Waals surface area contributed by atoms with Crippen molar-refractivity contribution >= 4 is 5.91 Å². The Morgan fingerprint density at radius 3 is 2.40 bits per heavy atom. The van der Waals surface area contributed by atoms with Crippen LogP contribution < -0.4 is 5.32 Å². The molecule has 1 amide bonds. The molecular weight excluding hydrogens is 186 g/mol. The van der Waals surface area contributed by atoms with E-state index in [4.69, 9.17) is 0 Å². The Labute approximate surface area is 90.7 Å². The standard InChI is InChI=1S/C13H17NO/c1-10-3-5-12(6-4-10)9-13(7-8-13)14-11(2)15/h3-6H,7-9H2,1-2H3,(H,14,15). The SMILES string of the molecule is CC(=O)NC1(Cc2ccc(C)cc2)CC1. The number of benzene rings is 1. The molecule has 0 aromatic heterocycles. The normalized spacial score (nSPS) is 17.2. The van der Waals surface area contributed by atoms with E-state index >= 15 is 0 Å². The van der Waals surface area contributed by atoms with E-state index in [2.05, 4.69) is 36.5 Å². The lowest BCUT2D eigenvalue weighted by atomic mass is 10.0. The first kappa shape index (κ1) is 10.2. The highest BCUT2D eigenvalue weighted by Gasteiger charge is 2.43. The number of amides is 1. The monoisotopic (exact) mass is 203 g/mol. The lowest BCUT2D eigenvalue weighted by molar-refractivity contribution is -0.119. The molecule has 1 saturated carbocycles. The third-order valence-electron chi connectivity index (χ3n) is 2.96. The number of nitrogens with one attached hydrogen (secondary N) is 1. The van der Waals surface area contributed by atoms with Crippen molar-refractivity contribution in [1.29, 1.82) is 0 Å². The maximum Gasteiger partial charge on any atom is 0.217 e. The minimum Gasteiger partial charge on any atom is -0.351 e. The molecule has 1 N–H and O–H groups in total. The van der Waals surface area contributed by atoms with E-state index in [1.165, 1.54) is 11.1 Å². The molecule has 1 aromatic rings. The highest BCUT2D eigenvalue weighted by atomic mass is 16.1. The molecule has 0 atom stereocenters. The zero-order valence-electron chi connectivity index (χ0n) is 9.34. The van der Waals surface area contributed by atoms with Crippen LogP contribution in [0.15, 0.2) is 24.3 Å². The molecule has 1 aliphatic rings. The van der Waals surface area contributed by atoms with Crippen molar-refractivity contribution in [3.8, 4) is 0 Å². The fourth-order valence-corrected chi connectivity index (χ4v) is 1.97. The summed E-state index contributed by atoms with van der Waals surface area (Å²) in [5.74, 6) is 0.0830. The van der Waals surface area contributed by atoms with Gasteiger partial charge in [-0.15, -0.1) is 0 Å². The fraction of sp³-hybridized carbons (Fsp3) is 0.462. The first-order valence-corrected chi connectivity index (χ1v) is 5.44. The van der Waals surface area contributed by atoms with Gasteiger partial charge >= 0.3 is 0 Å². The van der Waals surface area contributed by atoms with E-state index in [1.807, 2.05) is 0 Å². The summed E-state index contributed by atoms with van der Waals surface area (Å²) in [6.45, 7) is 3.68. The van der Waals surface area contributed by atoms with Gasteiger partial charge < -0.3 is 5.32 Å². The zero-order chi connectivity index (χ0) is 10.9. The van der Waals surface area contributed by atoms with Gasteiger partial charge in [-0.25, -0.2) is 0 Å². The zero-order valence-corrected chi connectivity index (χ0v) is 9.34. The molecule has 2 rings (SSSR count). The topological polar surface area (TPSA) is 29.1 Å². The summed E-state index contributed by atoms with van der Waals surface area (Å²) in [5.41, 5.74) is 2.66. The Balaban J connectivity index is 2.02. The lowest BCUT2D eigenvalue weighted by Crippen LogP contribution is -2.36. The molecule has 1 fully saturated rings. The van der Waals surface area contributed by atoms with Gasteiger partial charge in [-0.1, -0.05) is 29.8 Å². The van der Waals surface area contributed by atoms with Gasteiger partial charge in [0, 0.05) is 12.5 Å². The Morgan fingerprint density at radius 1 is 1.33 bits per heavy atom. The van der Waals surface area contributed by atoms with Crippen LogP contribution in [0.5, 0.6) is 0 Å². The van der Waals surface area contributed by atoms with Crippen molar-refractivity contribution < 1.29 is 4.79 Å². The third kappa shape index (κ3) is 2.58. The average molecular weight is 203 g/mol. The minimum absolute atomic E-state index is 0.0705. The van der Waals surface area contributed by atoms with Gasteiger partial charge in [-0.2, -0.15) is 0 Å². The van der Waals surface area contributed by atoms with Crippen molar-refractivity contribution in [1.82, 2.24) is 5.32 Å². The Morgan fingerprint density at radius 2 is 1.93 bits per heavy atom. The van der Waals surface area contributed by atoms with Crippen molar-refractivity contribution in [3.63, 3.8) is 0 Å². The van der Waals surface area contributed by atoms with Crippen LogP contribution in [0.25, 0.3) is 0 Å². The molecule has 0 heterocycles. The average Bonchev–Trinajstić information content (AvgIpc) is 2.88. The van der Waals surface area contributed by atoms with E-state index in [0.29, 0.717) is 0 Å². The van der Waals surface area contributed by atoms with Gasteiger partial charge in [0.15, 0.2) is 0 Å². The maximum absolute atomic E-state index is 11.0. The van der Waals surface area contributed by atoms with Crippen LogP contribution in [-0.2, 0) is 11.2 Å². The van der Waals surface area contributed by atoms with Crippen LogP contribution in [0.3, 0.4) is 0 Å². The molecule has 0 saturated heterocycles. The van der Waals surface area contributed by atoms with Gasteiger partial charge in [0.1, 0.15) is 0 Å². The van der Waals surface area contributed by atoms with Gasteiger partial charge in [0.05, 0.1) is 0 Å². The van der Waals surface area contributed by atoms with Crippen LogP contribution in [0.2, 0.25) is 0 Å². The largest absolute Gasteiger partial charge is 0.351 e. The smallest absolute Gasteiger partial charge is 0.217 e. The van der Waals surface area contributed by atoms with E-state index in [9.17, 15) is 4.79 Å². The number of hydrogen-bond donors (Lipinski definition) is 1. The van der Waals surface area contributed by atoms with E-state index in [1.54, 1.807) is 6.92 Å². The molecule has 15 heavy (non-hydrogen) atoms. The second-order valence-electron chi connectivity index (χ2n) is 4.62. The summed E-state index contributed by atoms with van der Waals surface area (Å²) >= 11 is 0. The van der Waals surface area contributed by atoms with Crippen LogP contribution in [0.1, 0.15) is 30.9 Å². The number of carbonyl (C=O) groups is 1. The molecule has 0 bridgehead atoms. The highest BCUT2D eigenvalue weighted by Crippen LogP contribution is 2.38. The Bertz CT molecular complexity index is 363. The number of carbonyl (C=O) groups excluding carboxylic acids is 1. The second-order valence-corrected chi connectivity index (χ2v) is 4.62. The van der Waals surface area contributed by atoms with Crippen molar-refractivity contribution in [2.75, 3.05) is 0 Å². The number of aryl methyl sites for hydroxylation is 1. The Hall–Kier alpha value is -1.31. The summed E-state index contributed by atoms with van der Waals surface area (Å²) in [7, 11) is 0. The highest BCUT2D eigenvalue weighted by molar-refractivity contribution is 5.74. The first-order valence-electron chi connectivity index (χ1n) is 5.44. The molecule has 0 unspecified atom stereocenters. The predicted octanol–water partition coefficient (Wildman–Crippen LogP) is 2.21. The van der Waals surface area contributed by atoms with E-state index < -0.39 is 0 Å². The molecule has 80 valence electrons. The fourth-order valence-electron chi connectivity index (χ4n) is 1.97. The molecule has 1 aromatic carbocycles. The molecule has 2 nitrogen and oxygen atoms in total. The summed E-state index contributed by atoms with van der Waals surface area (Å²) in [5, 5.41) is 3.05.